The standard InChI is InChI=1S/C28H28ClN3O2/c1-19-9-7-10-20(2)27(19)34-16-8-15-31-25-14-6-4-12-23(25)30-28(31)21-17-26(33)32(18-21)24-13-5-3-11-22(24)29/h3-7,9-14,21H,8,15-18H2,1-2H3. The van der Waals surface area contributed by atoms with Gasteiger partial charge in [-0.3, -0.25) is 4.79 Å². The Kier molecular flexibility index (Phi) is 6.29. The zero-order valence-electron chi connectivity index (χ0n) is 19.5. The van der Waals surface area contributed by atoms with Gasteiger partial charge in [0.1, 0.15) is 11.6 Å². The number of carbonyl (C=O) groups is 1. The van der Waals surface area contributed by atoms with Gasteiger partial charge in [-0.15, -0.1) is 0 Å². The number of hydrogen-bond donors (Lipinski definition) is 0. The van der Waals surface area contributed by atoms with Crippen LogP contribution in [0.4, 0.5) is 5.69 Å². The molecule has 0 spiro atoms. The first-order valence-electron chi connectivity index (χ1n) is 11.7. The summed E-state index contributed by atoms with van der Waals surface area (Å²) in [5, 5.41) is 0.591. The van der Waals surface area contributed by atoms with Crippen molar-refractivity contribution in [3.05, 3.63) is 88.7 Å². The molecule has 1 aliphatic rings. The van der Waals surface area contributed by atoms with Gasteiger partial charge in [0, 0.05) is 25.4 Å². The Balaban J connectivity index is 1.36. The van der Waals surface area contributed by atoms with Crippen molar-refractivity contribution < 1.29 is 9.53 Å². The third-order valence-corrected chi connectivity index (χ3v) is 6.82. The van der Waals surface area contributed by atoms with Crippen LogP contribution in [0.3, 0.4) is 0 Å². The molecule has 1 amide bonds. The highest BCUT2D eigenvalue weighted by atomic mass is 35.5. The SMILES string of the molecule is Cc1cccc(C)c1OCCCn1c(C2CC(=O)N(c3ccccc3Cl)C2)nc2ccccc21. The zero-order chi connectivity index (χ0) is 23.7. The number of amides is 1. The molecule has 174 valence electrons. The van der Waals surface area contributed by atoms with Gasteiger partial charge in [-0.2, -0.15) is 0 Å². The number of fused-ring (bicyclic) bond motifs is 1. The molecule has 5 rings (SSSR count). The lowest BCUT2D eigenvalue weighted by Gasteiger charge is -2.18. The van der Waals surface area contributed by atoms with Crippen LogP contribution in [-0.2, 0) is 11.3 Å². The van der Waals surface area contributed by atoms with Crippen LogP contribution in [-0.4, -0.2) is 28.6 Å². The summed E-state index contributed by atoms with van der Waals surface area (Å²) in [5.74, 6) is 2.01. The Bertz CT molecular complexity index is 1330. The van der Waals surface area contributed by atoms with E-state index in [0.29, 0.717) is 24.6 Å². The molecule has 1 fully saturated rings. The second-order valence-electron chi connectivity index (χ2n) is 8.89. The molecular weight excluding hydrogens is 446 g/mol. The smallest absolute Gasteiger partial charge is 0.227 e. The number of halogens is 1. The highest BCUT2D eigenvalue weighted by molar-refractivity contribution is 6.33. The molecule has 1 saturated heterocycles. The lowest BCUT2D eigenvalue weighted by molar-refractivity contribution is -0.117. The zero-order valence-corrected chi connectivity index (χ0v) is 20.3. The Morgan fingerprint density at radius 3 is 2.53 bits per heavy atom. The molecule has 0 bridgehead atoms. The number of ether oxygens (including phenoxy) is 1. The van der Waals surface area contributed by atoms with Crippen molar-refractivity contribution in [2.45, 2.75) is 39.2 Å². The molecule has 0 saturated carbocycles. The average Bonchev–Trinajstić information content (AvgIpc) is 3.39. The minimum Gasteiger partial charge on any atom is -0.493 e. The van der Waals surface area contributed by atoms with E-state index in [1.54, 1.807) is 4.90 Å². The fourth-order valence-corrected chi connectivity index (χ4v) is 5.09. The number of nitrogens with zero attached hydrogens (tertiary/aromatic N) is 3. The maximum Gasteiger partial charge on any atom is 0.227 e. The quantitative estimate of drug-likeness (QED) is 0.296. The molecule has 4 aromatic rings. The van der Waals surface area contributed by atoms with Crippen molar-refractivity contribution >= 4 is 34.2 Å². The molecule has 6 heteroatoms. The lowest BCUT2D eigenvalue weighted by atomic mass is 10.1. The maximum absolute atomic E-state index is 12.9. The van der Waals surface area contributed by atoms with Crippen LogP contribution in [0.5, 0.6) is 5.75 Å². The van der Waals surface area contributed by atoms with Crippen molar-refractivity contribution in [2.75, 3.05) is 18.1 Å². The molecule has 3 aromatic carbocycles. The molecule has 0 N–H and O–H groups in total. The van der Waals surface area contributed by atoms with Crippen molar-refractivity contribution in [2.24, 2.45) is 0 Å². The molecule has 1 aromatic heterocycles. The van der Waals surface area contributed by atoms with Crippen LogP contribution >= 0.6 is 11.6 Å². The van der Waals surface area contributed by atoms with Crippen molar-refractivity contribution in [1.29, 1.82) is 0 Å². The summed E-state index contributed by atoms with van der Waals surface area (Å²) < 4.78 is 8.40. The van der Waals surface area contributed by atoms with E-state index in [-0.39, 0.29) is 11.8 Å². The normalized spacial score (nSPS) is 15.9. The van der Waals surface area contributed by atoms with Gasteiger partial charge in [-0.25, -0.2) is 4.98 Å². The second-order valence-corrected chi connectivity index (χ2v) is 9.30. The minimum atomic E-state index is 0.00991. The van der Waals surface area contributed by atoms with Gasteiger partial charge in [-0.1, -0.05) is 54.1 Å². The van der Waals surface area contributed by atoms with Crippen LogP contribution in [0, 0.1) is 13.8 Å². The largest absolute Gasteiger partial charge is 0.493 e. The van der Waals surface area contributed by atoms with Crippen molar-refractivity contribution in [1.82, 2.24) is 9.55 Å². The molecule has 34 heavy (non-hydrogen) atoms. The summed E-state index contributed by atoms with van der Waals surface area (Å²) in [6, 6.07) is 21.9. The van der Waals surface area contributed by atoms with Crippen molar-refractivity contribution in [3.63, 3.8) is 0 Å². The van der Waals surface area contributed by atoms with E-state index < -0.39 is 0 Å². The van der Waals surface area contributed by atoms with Gasteiger partial charge in [-0.05, 0) is 55.7 Å². The first kappa shape index (κ1) is 22.5. The second kappa shape index (κ2) is 9.51. The van der Waals surface area contributed by atoms with Gasteiger partial charge in [0.25, 0.3) is 0 Å². The predicted molar refractivity (Wildman–Crippen MR) is 137 cm³/mol. The van der Waals surface area contributed by atoms with E-state index in [4.69, 9.17) is 21.3 Å². The van der Waals surface area contributed by atoms with Gasteiger partial charge in [0.05, 0.1) is 28.4 Å². The molecule has 2 heterocycles. The summed E-state index contributed by atoms with van der Waals surface area (Å²) in [4.78, 5) is 19.7. The summed E-state index contributed by atoms with van der Waals surface area (Å²) in [5.41, 5.74) is 5.11. The van der Waals surface area contributed by atoms with E-state index >= 15 is 0 Å². The van der Waals surface area contributed by atoms with Gasteiger partial charge in [0.2, 0.25) is 5.91 Å². The number of anilines is 1. The number of carbonyl (C=O) groups excluding carboxylic acids is 1. The molecule has 5 nitrogen and oxygen atoms in total. The van der Waals surface area contributed by atoms with E-state index in [2.05, 4.69) is 42.7 Å². The Hall–Kier alpha value is -3.31. The lowest BCUT2D eigenvalue weighted by Crippen LogP contribution is -2.24. The minimum absolute atomic E-state index is 0.00991. The van der Waals surface area contributed by atoms with Gasteiger partial charge >= 0.3 is 0 Å². The summed E-state index contributed by atoms with van der Waals surface area (Å²) in [6.45, 7) is 6.12. The number of rotatable bonds is 7. The number of hydrogen-bond acceptors (Lipinski definition) is 3. The number of aromatic nitrogens is 2. The predicted octanol–water partition coefficient (Wildman–Crippen LogP) is 6.30. The summed E-state index contributed by atoms with van der Waals surface area (Å²) in [6.07, 6.45) is 1.27. The monoisotopic (exact) mass is 473 g/mol. The number of imidazole rings is 1. The van der Waals surface area contributed by atoms with Crippen LogP contribution in [0.15, 0.2) is 66.7 Å². The highest BCUT2D eigenvalue weighted by Gasteiger charge is 2.35. The van der Waals surface area contributed by atoms with Crippen LogP contribution in [0.25, 0.3) is 11.0 Å². The third kappa shape index (κ3) is 4.28. The highest BCUT2D eigenvalue weighted by Crippen LogP contribution is 2.36. The van der Waals surface area contributed by atoms with Crippen molar-refractivity contribution in [3.8, 4) is 5.75 Å². The molecule has 1 aliphatic heterocycles. The average molecular weight is 474 g/mol. The van der Waals surface area contributed by atoms with E-state index in [1.807, 2.05) is 42.5 Å². The van der Waals surface area contributed by atoms with Crippen LogP contribution < -0.4 is 9.64 Å². The number of aryl methyl sites for hydroxylation is 3. The first-order valence-corrected chi connectivity index (χ1v) is 12.1. The number of benzene rings is 3. The fourth-order valence-electron chi connectivity index (χ4n) is 4.85. The molecule has 1 atom stereocenters. The van der Waals surface area contributed by atoms with Crippen LogP contribution in [0.1, 0.15) is 35.7 Å². The molecule has 0 radical (unpaired) electrons. The van der Waals surface area contributed by atoms with E-state index in [0.717, 1.165) is 52.4 Å². The maximum atomic E-state index is 12.9. The fraction of sp³-hybridized carbons (Fsp3) is 0.286. The Morgan fingerprint density at radius 2 is 1.74 bits per heavy atom. The van der Waals surface area contributed by atoms with Gasteiger partial charge in [0.15, 0.2) is 0 Å². The Labute approximate surface area is 204 Å². The topological polar surface area (TPSA) is 47.4 Å². The third-order valence-electron chi connectivity index (χ3n) is 6.50. The molecule has 1 unspecified atom stereocenters. The van der Waals surface area contributed by atoms with Gasteiger partial charge < -0.3 is 14.2 Å². The van der Waals surface area contributed by atoms with E-state index in [1.165, 1.54) is 0 Å². The van der Waals surface area contributed by atoms with E-state index in [9.17, 15) is 4.79 Å². The molecular formula is C28H28ClN3O2. The Morgan fingerprint density at radius 1 is 1.00 bits per heavy atom. The summed E-state index contributed by atoms with van der Waals surface area (Å²) >= 11 is 6.39. The number of para-hydroxylation sites is 4. The molecule has 0 aliphatic carbocycles. The first-order chi connectivity index (χ1) is 16.5. The van der Waals surface area contributed by atoms with Crippen LogP contribution in [0.2, 0.25) is 5.02 Å². The summed E-state index contributed by atoms with van der Waals surface area (Å²) in [7, 11) is 0.